The van der Waals surface area contributed by atoms with Gasteiger partial charge in [-0.25, -0.2) is 0 Å². The minimum atomic E-state index is -0.285. The first-order chi connectivity index (χ1) is 11.0. The van der Waals surface area contributed by atoms with Gasteiger partial charge < -0.3 is 4.79 Å². The van der Waals surface area contributed by atoms with Crippen molar-refractivity contribution in [3.63, 3.8) is 0 Å². The van der Waals surface area contributed by atoms with Gasteiger partial charge in [0.05, 0.1) is 0 Å². The van der Waals surface area contributed by atoms with Crippen LogP contribution in [0, 0.1) is 40.9 Å². The van der Waals surface area contributed by atoms with Crippen molar-refractivity contribution < 1.29 is 14.4 Å². The predicted molar refractivity (Wildman–Crippen MR) is 86.6 cm³/mol. The van der Waals surface area contributed by atoms with Crippen LogP contribution in [0.3, 0.4) is 0 Å². The van der Waals surface area contributed by atoms with Gasteiger partial charge in [0.1, 0.15) is 12.1 Å². The summed E-state index contributed by atoms with van der Waals surface area (Å²) in [6, 6.07) is 0. The Morgan fingerprint density at radius 1 is 1.17 bits per heavy atom. The van der Waals surface area contributed by atoms with Crippen LogP contribution in [0.15, 0.2) is 11.6 Å². The van der Waals surface area contributed by atoms with E-state index >= 15 is 0 Å². The summed E-state index contributed by atoms with van der Waals surface area (Å²) in [5.74, 6) is 2.71. The van der Waals surface area contributed by atoms with Gasteiger partial charge in [-0.2, -0.15) is 0 Å². The highest BCUT2D eigenvalue weighted by Crippen LogP contribution is 2.63. The normalized spacial score (nSPS) is 49.0. The van der Waals surface area contributed by atoms with Gasteiger partial charge in [-0.05, 0) is 61.3 Å². The Balaban J connectivity index is 1.78. The van der Waals surface area contributed by atoms with Crippen molar-refractivity contribution in [3.05, 3.63) is 11.6 Å². The molecule has 3 nitrogen and oxygen atoms in total. The van der Waals surface area contributed by atoms with Crippen LogP contribution in [-0.4, -0.2) is 17.9 Å². The van der Waals surface area contributed by atoms with Crippen LogP contribution < -0.4 is 0 Å². The van der Waals surface area contributed by atoms with Gasteiger partial charge in [-0.15, -0.1) is 0 Å². The standard InChI is InChI=1S/C20H26O3/c1-11-7-12-8-14(22)3-4-15(12)19-13(10-21)9-20(2)16(18(11)19)5-6-17(20)23/h8,10-11,13,15-16,18-19H,3-7,9H2,1-2H3/t11-,13-,15+,16+,18+,19-,20+/m1/s1. The van der Waals surface area contributed by atoms with E-state index in [1.807, 2.05) is 6.08 Å². The lowest BCUT2D eigenvalue weighted by Crippen LogP contribution is -2.53. The zero-order valence-corrected chi connectivity index (χ0v) is 14.1. The maximum absolute atomic E-state index is 12.5. The first kappa shape index (κ1) is 15.3. The first-order valence-corrected chi connectivity index (χ1v) is 9.17. The summed E-state index contributed by atoms with van der Waals surface area (Å²) in [7, 11) is 0. The summed E-state index contributed by atoms with van der Waals surface area (Å²) in [5.41, 5.74) is 1.00. The van der Waals surface area contributed by atoms with E-state index in [-0.39, 0.29) is 17.1 Å². The monoisotopic (exact) mass is 314 g/mol. The fourth-order valence-corrected chi connectivity index (χ4v) is 6.67. The van der Waals surface area contributed by atoms with E-state index in [2.05, 4.69) is 13.8 Å². The van der Waals surface area contributed by atoms with Gasteiger partial charge in [0.15, 0.2) is 5.78 Å². The number of hydrogen-bond acceptors (Lipinski definition) is 3. The molecule has 0 radical (unpaired) electrons. The second-order valence-corrected chi connectivity index (χ2v) is 8.66. The number of hydrogen-bond donors (Lipinski definition) is 0. The molecule has 0 N–H and O–H groups in total. The Hall–Kier alpha value is -1.25. The molecular weight excluding hydrogens is 288 g/mol. The molecule has 0 spiro atoms. The summed E-state index contributed by atoms with van der Waals surface area (Å²) >= 11 is 0. The number of carbonyl (C=O) groups excluding carboxylic acids is 3. The molecule has 0 heterocycles. The number of aldehydes is 1. The van der Waals surface area contributed by atoms with Gasteiger partial charge in [-0.1, -0.05) is 19.4 Å². The number of fused-ring (bicyclic) bond motifs is 5. The Labute approximate surface area is 137 Å². The van der Waals surface area contributed by atoms with E-state index in [4.69, 9.17) is 0 Å². The molecule has 0 aromatic heterocycles. The first-order valence-electron chi connectivity index (χ1n) is 9.17. The molecule has 7 atom stereocenters. The minimum Gasteiger partial charge on any atom is -0.303 e. The summed E-state index contributed by atoms with van der Waals surface area (Å²) in [4.78, 5) is 36.2. The van der Waals surface area contributed by atoms with Gasteiger partial charge in [0, 0.05) is 24.2 Å². The Morgan fingerprint density at radius 2 is 1.96 bits per heavy atom. The molecule has 3 saturated carbocycles. The van der Waals surface area contributed by atoms with Gasteiger partial charge in [0.2, 0.25) is 0 Å². The largest absolute Gasteiger partial charge is 0.303 e. The number of rotatable bonds is 1. The molecule has 0 saturated heterocycles. The summed E-state index contributed by atoms with van der Waals surface area (Å²) in [5, 5.41) is 0. The van der Waals surface area contributed by atoms with Crippen molar-refractivity contribution in [3.8, 4) is 0 Å². The van der Waals surface area contributed by atoms with E-state index in [0.717, 1.165) is 32.0 Å². The molecule has 0 aromatic carbocycles. The lowest BCUT2D eigenvalue weighted by Gasteiger charge is -2.56. The molecule has 0 unspecified atom stereocenters. The fourth-order valence-electron chi connectivity index (χ4n) is 6.67. The smallest absolute Gasteiger partial charge is 0.155 e. The second kappa shape index (κ2) is 5.12. The number of ketones is 2. The highest BCUT2D eigenvalue weighted by atomic mass is 16.1. The van der Waals surface area contributed by atoms with Crippen LogP contribution in [0.4, 0.5) is 0 Å². The van der Waals surface area contributed by atoms with Crippen molar-refractivity contribution in [1.29, 1.82) is 0 Å². The zero-order chi connectivity index (χ0) is 16.4. The molecule has 4 aliphatic carbocycles. The molecule has 23 heavy (non-hydrogen) atoms. The van der Waals surface area contributed by atoms with Gasteiger partial charge in [-0.3, -0.25) is 9.59 Å². The zero-order valence-electron chi connectivity index (χ0n) is 14.1. The summed E-state index contributed by atoms with van der Waals surface area (Å²) in [6.07, 6.45) is 7.91. The fraction of sp³-hybridized carbons (Fsp3) is 0.750. The predicted octanol–water partition coefficient (Wildman–Crippen LogP) is 3.37. The average Bonchev–Trinajstić information content (AvgIpc) is 2.81. The quantitative estimate of drug-likeness (QED) is 0.697. The third kappa shape index (κ3) is 2.04. The molecule has 0 bridgehead atoms. The topological polar surface area (TPSA) is 51.2 Å². The number of carbonyl (C=O) groups is 3. The van der Waals surface area contributed by atoms with Crippen LogP contribution in [0.25, 0.3) is 0 Å². The maximum Gasteiger partial charge on any atom is 0.155 e. The summed E-state index contributed by atoms with van der Waals surface area (Å²) < 4.78 is 0. The molecule has 3 heteroatoms. The van der Waals surface area contributed by atoms with Crippen molar-refractivity contribution in [1.82, 2.24) is 0 Å². The van der Waals surface area contributed by atoms with Crippen LogP contribution >= 0.6 is 0 Å². The van der Waals surface area contributed by atoms with Gasteiger partial charge in [0.25, 0.3) is 0 Å². The van der Waals surface area contributed by atoms with Crippen molar-refractivity contribution in [2.45, 2.75) is 52.4 Å². The Bertz CT molecular complexity index is 604. The lowest BCUT2D eigenvalue weighted by atomic mass is 9.47. The van der Waals surface area contributed by atoms with E-state index < -0.39 is 0 Å². The van der Waals surface area contributed by atoms with Crippen LogP contribution in [0.1, 0.15) is 52.4 Å². The van der Waals surface area contributed by atoms with Crippen molar-refractivity contribution >= 4 is 17.9 Å². The maximum atomic E-state index is 12.5. The van der Waals surface area contributed by atoms with E-state index in [9.17, 15) is 14.4 Å². The lowest BCUT2D eigenvalue weighted by molar-refractivity contribution is -0.140. The molecule has 0 aromatic rings. The third-order valence-corrected chi connectivity index (χ3v) is 7.58. The van der Waals surface area contributed by atoms with Gasteiger partial charge >= 0.3 is 0 Å². The summed E-state index contributed by atoms with van der Waals surface area (Å²) in [6.45, 7) is 4.38. The third-order valence-electron chi connectivity index (χ3n) is 7.58. The Morgan fingerprint density at radius 3 is 2.70 bits per heavy atom. The van der Waals surface area contributed by atoms with Crippen LogP contribution in [-0.2, 0) is 14.4 Å². The van der Waals surface area contributed by atoms with E-state index in [1.54, 1.807) is 0 Å². The van der Waals surface area contributed by atoms with Crippen molar-refractivity contribution in [2.24, 2.45) is 40.9 Å². The second-order valence-electron chi connectivity index (χ2n) is 8.66. The molecule has 0 aliphatic heterocycles. The average molecular weight is 314 g/mol. The van der Waals surface area contributed by atoms with Crippen molar-refractivity contribution in [2.75, 3.05) is 0 Å². The molecule has 124 valence electrons. The molecule has 4 rings (SSSR count). The van der Waals surface area contributed by atoms with Crippen LogP contribution in [0.2, 0.25) is 0 Å². The van der Waals surface area contributed by atoms with E-state index in [0.29, 0.717) is 48.2 Å². The Kier molecular flexibility index (Phi) is 3.40. The highest BCUT2D eigenvalue weighted by Gasteiger charge is 2.60. The van der Waals surface area contributed by atoms with E-state index in [1.165, 1.54) is 5.57 Å². The molecule has 0 amide bonds. The number of Topliss-reactive ketones (excluding diaryl/α,β-unsaturated/α-hetero) is 1. The minimum absolute atomic E-state index is 0.0207. The molecule has 3 fully saturated rings. The molecule has 4 aliphatic rings. The molecular formula is C20H26O3. The van der Waals surface area contributed by atoms with Crippen LogP contribution in [0.5, 0.6) is 0 Å². The highest BCUT2D eigenvalue weighted by molar-refractivity contribution is 5.91. The SMILES string of the molecule is C[C@@H]1CC2=CC(=O)CC[C@@H]2[C@@H]2[C@@H]1[C@@H]1CCC(=O)[C@@]1(C)C[C@@H]2C=O. The number of allylic oxidation sites excluding steroid dienone is 1.